The SMILES string of the molecule is CC(C)(C)c1ccc(-c2ccc(-c3ccc(C(C)(C)C)cc3)c3c2-c2ccc4c5c(ccc-3c25)-c2c-4c(-c3ccc(C(C)(C)C)cc3)c3ccccc3c2-c2ccc(C(C)(C)C)cc2)cc1. The maximum atomic E-state index is 2.47. The Morgan fingerprint density at radius 3 is 0.727 bits per heavy atom. The minimum atomic E-state index is 0.0610. The van der Waals surface area contributed by atoms with Gasteiger partial charge in [0.05, 0.1) is 0 Å². The van der Waals surface area contributed by atoms with Crippen molar-refractivity contribution < 1.29 is 0 Å². The molecule has 0 spiro atoms. The number of rotatable bonds is 4. The second-order valence-electron chi connectivity index (χ2n) is 23.3. The zero-order chi connectivity index (χ0) is 46.2. The molecular weight excluding hydrogens is 793 g/mol. The normalized spacial score (nSPS) is 13.2. The van der Waals surface area contributed by atoms with Gasteiger partial charge < -0.3 is 0 Å². The van der Waals surface area contributed by atoms with Gasteiger partial charge in [0.25, 0.3) is 0 Å². The Labute approximate surface area is 393 Å². The highest BCUT2D eigenvalue weighted by atomic mass is 14.4. The Bertz CT molecular complexity index is 3190. The Balaban J connectivity index is 1.23. The molecule has 0 aliphatic heterocycles. The molecule has 0 unspecified atom stereocenters. The molecule has 66 heavy (non-hydrogen) atoms. The van der Waals surface area contributed by atoms with Gasteiger partial charge in [0, 0.05) is 0 Å². The summed E-state index contributed by atoms with van der Waals surface area (Å²) in [5.74, 6) is 0. The van der Waals surface area contributed by atoms with Gasteiger partial charge in [0.2, 0.25) is 0 Å². The quantitative estimate of drug-likeness (QED) is 0.165. The first-order valence-corrected chi connectivity index (χ1v) is 24.1. The molecule has 9 aromatic carbocycles. The van der Waals surface area contributed by atoms with E-state index < -0.39 is 0 Å². The molecule has 2 aliphatic carbocycles. The molecule has 0 heterocycles. The predicted octanol–water partition coefficient (Wildman–Crippen LogP) is 19.1. The Hall–Kier alpha value is -6.50. The fourth-order valence-corrected chi connectivity index (χ4v) is 11.1. The summed E-state index contributed by atoms with van der Waals surface area (Å²) in [5.41, 5.74) is 26.6. The molecule has 0 aromatic heterocycles. The van der Waals surface area contributed by atoms with Gasteiger partial charge in [-0.05, 0) is 154 Å². The summed E-state index contributed by atoms with van der Waals surface area (Å²) >= 11 is 0. The number of benzene rings is 9. The second-order valence-corrected chi connectivity index (χ2v) is 23.3. The van der Waals surface area contributed by atoms with E-state index in [9.17, 15) is 0 Å². The monoisotopic (exact) mass is 854 g/mol. The highest BCUT2D eigenvalue weighted by Crippen LogP contribution is 2.63. The van der Waals surface area contributed by atoms with Crippen LogP contribution in [0.2, 0.25) is 0 Å². The lowest BCUT2D eigenvalue weighted by Crippen LogP contribution is -2.10. The average Bonchev–Trinajstić information content (AvgIpc) is 3.80. The number of hydrogen-bond acceptors (Lipinski definition) is 0. The first-order valence-electron chi connectivity index (χ1n) is 24.1. The summed E-state index contributed by atoms with van der Waals surface area (Å²) in [6.07, 6.45) is 0. The minimum Gasteiger partial charge on any atom is -0.0616 e. The Kier molecular flexibility index (Phi) is 9.26. The van der Waals surface area contributed by atoms with E-state index in [0.29, 0.717) is 0 Å². The van der Waals surface area contributed by atoms with Crippen molar-refractivity contribution >= 4 is 21.5 Å². The number of hydrogen-bond donors (Lipinski definition) is 0. The van der Waals surface area contributed by atoms with Gasteiger partial charge in [-0.15, -0.1) is 0 Å². The van der Waals surface area contributed by atoms with Crippen LogP contribution >= 0.6 is 0 Å². The van der Waals surface area contributed by atoms with Crippen molar-refractivity contribution in [3.05, 3.63) is 180 Å². The van der Waals surface area contributed by atoms with E-state index in [-0.39, 0.29) is 21.7 Å². The van der Waals surface area contributed by atoms with Crippen LogP contribution in [0.1, 0.15) is 105 Å². The lowest BCUT2D eigenvalue weighted by atomic mass is 9.80. The van der Waals surface area contributed by atoms with Crippen LogP contribution < -0.4 is 0 Å². The third kappa shape index (κ3) is 6.54. The fraction of sp³-hybridized carbons (Fsp3) is 0.242. The van der Waals surface area contributed by atoms with Crippen molar-refractivity contribution in [3.8, 4) is 89.0 Å². The average molecular weight is 855 g/mol. The van der Waals surface area contributed by atoms with E-state index >= 15 is 0 Å². The van der Waals surface area contributed by atoms with Crippen LogP contribution in [-0.4, -0.2) is 0 Å². The Morgan fingerprint density at radius 1 is 0.212 bits per heavy atom. The van der Waals surface area contributed by atoms with Crippen LogP contribution in [0.3, 0.4) is 0 Å². The minimum absolute atomic E-state index is 0.0610. The van der Waals surface area contributed by atoms with Crippen LogP contribution in [0.15, 0.2) is 158 Å². The molecule has 0 saturated heterocycles. The van der Waals surface area contributed by atoms with Gasteiger partial charge in [0.1, 0.15) is 0 Å². The summed E-state index contributed by atoms with van der Waals surface area (Å²) in [7, 11) is 0. The molecular formula is C66H62. The van der Waals surface area contributed by atoms with Gasteiger partial charge in [-0.2, -0.15) is 0 Å². The molecule has 326 valence electrons. The molecule has 0 N–H and O–H groups in total. The van der Waals surface area contributed by atoms with E-state index in [2.05, 4.69) is 241 Å². The predicted molar refractivity (Wildman–Crippen MR) is 287 cm³/mol. The van der Waals surface area contributed by atoms with Crippen LogP contribution in [0.5, 0.6) is 0 Å². The number of fused-ring (bicyclic) bond motifs is 7. The topological polar surface area (TPSA) is 0 Å². The highest BCUT2D eigenvalue weighted by Gasteiger charge is 2.36. The first kappa shape index (κ1) is 42.2. The molecule has 0 radical (unpaired) electrons. The summed E-state index contributed by atoms with van der Waals surface area (Å²) < 4.78 is 0. The van der Waals surface area contributed by atoms with Crippen molar-refractivity contribution in [1.29, 1.82) is 0 Å². The maximum Gasteiger partial charge on any atom is -0.000740 e. The molecule has 0 saturated carbocycles. The van der Waals surface area contributed by atoms with Crippen LogP contribution in [0, 0.1) is 0 Å². The van der Waals surface area contributed by atoms with Gasteiger partial charge in [-0.1, -0.05) is 241 Å². The third-order valence-corrected chi connectivity index (χ3v) is 14.9. The summed E-state index contributed by atoms with van der Waals surface area (Å²) in [5, 5.41) is 5.32. The molecule has 0 fully saturated rings. The zero-order valence-corrected chi connectivity index (χ0v) is 41.0. The Morgan fingerprint density at radius 2 is 0.455 bits per heavy atom. The molecule has 2 aliphatic rings. The van der Waals surface area contributed by atoms with Gasteiger partial charge in [0.15, 0.2) is 0 Å². The van der Waals surface area contributed by atoms with Gasteiger partial charge in [-0.25, -0.2) is 0 Å². The van der Waals surface area contributed by atoms with Crippen LogP contribution in [-0.2, 0) is 21.7 Å². The van der Waals surface area contributed by atoms with Gasteiger partial charge >= 0.3 is 0 Å². The van der Waals surface area contributed by atoms with Crippen LogP contribution in [0.25, 0.3) is 111 Å². The zero-order valence-electron chi connectivity index (χ0n) is 41.0. The standard InChI is InChI=1S/C66H62/c1-63(2,3)43-25-17-39(18-26-43)47-33-34-48(40-19-27-44(28-20-40)64(4,5)6)58-52-36-38-54-60-53(37-35-51(57(47)58)59(52)60)61-55(41-21-29-45(30-22-41)65(7,8)9)49-15-13-14-16-50(49)56(62(54)61)42-23-31-46(32-24-42)66(10,11)12/h13-38H,1-12H3. The van der Waals surface area contributed by atoms with E-state index in [0.717, 1.165) is 0 Å². The summed E-state index contributed by atoms with van der Waals surface area (Å²) in [6.45, 7) is 27.6. The maximum absolute atomic E-state index is 2.47. The molecule has 0 heteroatoms. The van der Waals surface area contributed by atoms with Crippen molar-refractivity contribution in [2.75, 3.05) is 0 Å². The highest BCUT2D eigenvalue weighted by molar-refractivity contribution is 6.33. The molecule has 0 atom stereocenters. The smallest absolute Gasteiger partial charge is 0.000740 e. The van der Waals surface area contributed by atoms with E-state index in [1.165, 1.54) is 133 Å². The molecule has 0 nitrogen and oxygen atoms in total. The lowest BCUT2D eigenvalue weighted by Gasteiger charge is -2.23. The van der Waals surface area contributed by atoms with Crippen molar-refractivity contribution in [1.82, 2.24) is 0 Å². The van der Waals surface area contributed by atoms with Crippen molar-refractivity contribution in [2.45, 2.75) is 105 Å². The molecule has 9 aromatic rings. The van der Waals surface area contributed by atoms with E-state index in [1.54, 1.807) is 0 Å². The van der Waals surface area contributed by atoms with Crippen molar-refractivity contribution in [3.63, 3.8) is 0 Å². The van der Waals surface area contributed by atoms with E-state index in [1.807, 2.05) is 0 Å². The van der Waals surface area contributed by atoms with Gasteiger partial charge in [-0.3, -0.25) is 0 Å². The first-order chi connectivity index (χ1) is 31.3. The molecule has 0 bridgehead atoms. The molecule has 0 amide bonds. The van der Waals surface area contributed by atoms with Crippen molar-refractivity contribution in [2.24, 2.45) is 0 Å². The lowest BCUT2D eigenvalue weighted by molar-refractivity contribution is 0.590. The van der Waals surface area contributed by atoms with Crippen LogP contribution in [0.4, 0.5) is 0 Å². The summed E-state index contributed by atoms with van der Waals surface area (Å²) in [6, 6.07) is 61.5. The summed E-state index contributed by atoms with van der Waals surface area (Å²) in [4.78, 5) is 0. The second kappa shape index (κ2) is 14.5. The largest absolute Gasteiger partial charge is 0.0616 e. The van der Waals surface area contributed by atoms with E-state index in [4.69, 9.17) is 0 Å². The fourth-order valence-electron chi connectivity index (χ4n) is 11.1. The molecule has 11 rings (SSSR count). The third-order valence-electron chi connectivity index (χ3n) is 14.9.